The maximum Gasteiger partial charge on any atom is 0.238 e. The summed E-state index contributed by atoms with van der Waals surface area (Å²) in [5.74, 6) is 2.17. The lowest BCUT2D eigenvalue weighted by Gasteiger charge is -2.66. The van der Waals surface area contributed by atoms with Gasteiger partial charge in [0.2, 0.25) is 21.8 Å². The lowest BCUT2D eigenvalue weighted by molar-refractivity contribution is -0.215. The zero-order valence-corrected chi connectivity index (χ0v) is 25.0. The normalized spacial score (nSPS) is 32.6. The molecule has 4 bridgehead atoms. The number of amides is 1. The highest BCUT2D eigenvalue weighted by Crippen LogP contribution is 2.71. The Labute approximate surface area is 251 Å². The molecule has 1 heterocycles. The fourth-order valence-electron chi connectivity index (χ4n) is 8.61. The van der Waals surface area contributed by atoms with Crippen molar-refractivity contribution >= 4 is 21.6 Å². The van der Waals surface area contributed by atoms with Crippen molar-refractivity contribution in [3.63, 3.8) is 0 Å². The SMILES string of the molecule is NS(=O)(=O)c1cccc(-c2cccc(N(CC34CCC(c5nc(C6CC6)no5)(CC3)CC4)C(=O)CC34CC(F)(C3)C4)c2)c1. The van der Waals surface area contributed by atoms with E-state index in [-0.39, 0.29) is 27.0 Å². The number of carbonyl (C=O) groups is 1. The first-order chi connectivity index (χ1) is 20.5. The van der Waals surface area contributed by atoms with Crippen LogP contribution in [0.5, 0.6) is 0 Å². The van der Waals surface area contributed by atoms with Crippen molar-refractivity contribution in [1.82, 2.24) is 10.1 Å². The predicted molar refractivity (Wildman–Crippen MR) is 158 cm³/mol. The van der Waals surface area contributed by atoms with Crippen LogP contribution in [0.2, 0.25) is 0 Å². The molecule has 0 aliphatic heterocycles. The number of fused-ring (bicyclic) bond motifs is 3. The van der Waals surface area contributed by atoms with E-state index in [4.69, 9.17) is 14.6 Å². The molecule has 0 spiro atoms. The second-order valence-corrected chi connectivity index (χ2v) is 16.0. The van der Waals surface area contributed by atoms with Gasteiger partial charge in [0.05, 0.1) is 4.90 Å². The monoisotopic (exact) mass is 604 g/mol. The van der Waals surface area contributed by atoms with Crippen LogP contribution in [0, 0.1) is 10.8 Å². The summed E-state index contributed by atoms with van der Waals surface area (Å²) in [6.07, 6.45) is 9.95. The van der Waals surface area contributed by atoms with E-state index in [0.29, 0.717) is 43.7 Å². The van der Waals surface area contributed by atoms with E-state index in [2.05, 4.69) is 5.16 Å². The molecule has 3 aromatic rings. The molecule has 7 saturated carbocycles. The molecule has 7 fully saturated rings. The van der Waals surface area contributed by atoms with Crippen LogP contribution >= 0.6 is 0 Å². The van der Waals surface area contributed by atoms with Crippen LogP contribution < -0.4 is 10.0 Å². The van der Waals surface area contributed by atoms with Crippen LogP contribution in [0.25, 0.3) is 11.1 Å². The summed E-state index contributed by atoms with van der Waals surface area (Å²) in [6, 6.07) is 14.3. The minimum atomic E-state index is -3.85. The molecule has 1 amide bonds. The average molecular weight is 605 g/mol. The largest absolute Gasteiger partial charge is 0.339 e. The number of nitrogens with zero attached hydrogens (tertiary/aromatic N) is 3. The molecule has 0 radical (unpaired) electrons. The third kappa shape index (κ3) is 4.72. The Kier molecular flexibility index (Phi) is 5.87. The molecule has 2 N–H and O–H groups in total. The number of alkyl halides is 1. The minimum absolute atomic E-state index is 0.0129. The van der Waals surface area contributed by atoms with E-state index in [1.807, 2.05) is 35.2 Å². The molecule has 8 nitrogen and oxygen atoms in total. The van der Waals surface area contributed by atoms with E-state index >= 15 is 0 Å². The van der Waals surface area contributed by atoms with E-state index in [1.54, 1.807) is 12.1 Å². The molecular weight excluding hydrogens is 567 g/mol. The third-order valence-corrected chi connectivity index (χ3v) is 12.2. The summed E-state index contributed by atoms with van der Waals surface area (Å²) in [5, 5.41) is 9.69. The fraction of sp³-hybridized carbons (Fsp3) is 0.545. The van der Waals surface area contributed by atoms with Gasteiger partial charge in [-0.25, -0.2) is 17.9 Å². The van der Waals surface area contributed by atoms with Crippen LogP contribution in [0.1, 0.15) is 94.7 Å². The zero-order valence-electron chi connectivity index (χ0n) is 24.2. The summed E-state index contributed by atoms with van der Waals surface area (Å²) in [5.41, 5.74) is 0.973. The van der Waals surface area contributed by atoms with Gasteiger partial charge < -0.3 is 9.42 Å². The van der Waals surface area contributed by atoms with Gasteiger partial charge in [-0.05, 0) is 117 Å². The highest BCUT2D eigenvalue weighted by Gasteiger charge is 2.69. The number of nitrogens with two attached hydrogens (primary N) is 1. The zero-order chi connectivity index (χ0) is 29.7. The first kappa shape index (κ1) is 27.4. The molecule has 226 valence electrons. The molecule has 1 aromatic heterocycles. The Hall–Kier alpha value is -3.11. The standard InChI is InChI=1S/C33H37FN4O4S/c34-33-18-31(19-33,20-33)17-27(39)38(25-5-1-3-23(15-25)24-4-2-6-26(16-24)43(35,40)41)21-30-9-12-32(13-10-30,14-11-30)29-36-28(37-42-29)22-7-8-22/h1-6,15-16,22H,7-14,17-21H2,(H2,35,40,41). The average Bonchev–Trinajstić information content (AvgIpc) is 3.70. The Bertz CT molecular complexity index is 1690. The van der Waals surface area contributed by atoms with Gasteiger partial charge in [0.15, 0.2) is 5.82 Å². The van der Waals surface area contributed by atoms with E-state index in [0.717, 1.165) is 74.3 Å². The number of primary sulfonamides is 1. The van der Waals surface area contributed by atoms with Gasteiger partial charge in [-0.3, -0.25) is 4.79 Å². The van der Waals surface area contributed by atoms with Crippen molar-refractivity contribution in [3.05, 3.63) is 60.2 Å². The third-order valence-electron chi connectivity index (χ3n) is 11.3. The second kappa shape index (κ2) is 9.20. The number of anilines is 1. The number of benzene rings is 2. The number of hydrogen-bond donors (Lipinski definition) is 1. The molecule has 0 saturated heterocycles. The Morgan fingerprint density at radius 2 is 1.60 bits per heavy atom. The molecule has 2 aromatic carbocycles. The lowest BCUT2D eigenvalue weighted by Crippen LogP contribution is -2.65. The maximum absolute atomic E-state index is 14.4. The van der Waals surface area contributed by atoms with Gasteiger partial charge in [-0.2, -0.15) is 4.98 Å². The van der Waals surface area contributed by atoms with Crippen molar-refractivity contribution < 1.29 is 22.1 Å². The van der Waals surface area contributed by atoms with Gasteiger partial charge in [-0.15, -0.1) is 0 Å². The second-order valence-electron chi connectivity index (χ2n) is 14.5. The number of sulfonamides is 1. The van der Waals surface area contributed by atoms with Crippen LogP contribution in [0.4, 0.5) is 10.1 Å². The molecule has 10 heteroatoms. The van der Waals surface area contributed by atoms with Crippen molar-refractivity contribution in [2.45, 2.75) is 98.9 Å². The number of carbonyl (C=O) groups excluding carboxylic acids is 1. The van der Waals surface area contributed by atoms with E-state index in [9.17, 15) is 17.6 Å². The summed E-state index contributed by atoms with van der Waals surface area (Å²) >= 11 is 0. The summed E-state index contributed by atoms with van der Waals surface area (Å²) in [7, 11) is -3.85. The van der Waals surface area contributed by atoms with Gasteiger partial charge in [0.25, 0.3) is 0 Å². The predicted octanol–water partition coefficient (Wildman–Crippen LogP) is 6.17. The van der Waals surface area contributed by atoms with Crippen LogP contribution in [-0.4, -0.2) is 36.7 Å². The van der Waals surface area contributed by atoms with Crippen LogP contribution in [0.3, 0.4) is 0 Å². The van der Waals surface area contributed by atoms with Gasteiger partial charge in [-0.1, -0.05) is 29.4 Å². The molecule has 7 aliphatic rings. The van der Waals surface area contributed by atoms with Gasteiger partial charge in [0.1, 0.15) is 5.67 Å². The molecule has 7 aliphatic carbocycles. The number of hydrogen-bond acceptors (Lipinski definition) is 6. The first-order valence-corrected chi connectivity index (χ1v) is 17.1. The van der Waals surface area contributed by atoms with Crippen molar-refractivity contribution in [1.29, 1.82) is 0 Å². The number of aromatic nitrogens is 2. The van der Waals surface area contributed by atoms with E-state index < -0.39 is 15.7 Å². The lowest BCUT2D eigenvalue weighted by atomic mass is 9.41. The number of rotatable bonds is 9. The summed E-state index contributed by atoms with van der Waals surface area (Å²) < 4.78 is 44.2. The smallest absolute Gasteiger partial charge is 0.238 e. The topological polar surface area (TPSA) is 119 Å². The minimum Gasteiger partial charge on any atom is -0.339 e. The Morgan fingerprint density at radius 1 is 0.953 bits per heavy atom. The Morgan fingerprint density at radius 3 is 2.23 bits per heavy atom. The van der Waals surface area contributed by atoms with E-state index in [1.165, 1.54) is 6.07 Å². The summed E-state index contributed by atoms with van der Waals surface area (Å²) in [6.45, 7) is 0.608. The first-order valence-electron chi connectivity index (χ1n) is 15.5. The maximum atomic E-state index is 14.4. The molecule has 10 rings (SSSR count). The Balaban J connectivity index is 1.07. The fourth-order valence-corrected chi connectivity index (χ4v) is 9.17. The highest BCUT2D eigenvalue weighted by atomic mass is 32.2. The van der Waals surface area contributed by atoms with Crippen LogP contribution in [0.15, 0.2) is 57.9 Å². The quantitative estimate of drug-likeness (QED) is 0.312. The van der Waals surface area contributed by atoms with Crippen LogP contribution in [-0.2, 0) is 20.2 Å². The molecule has 0 atom stereocenters. The molecule has 0 unspecified atom stereocenters. The molecular formula is C33H37FN4O4S. The highest BCUT2D eigenvalue weighted by molar-refractivity contribution is 7.89. The summed E-state index contributed by atoms with van der Waals surface area (Å²) in [4.78, 5) is 20.9. The molecule has 43 heavy (non-hydrogen) atoms. The van der Waals surface area contributed by atoms with Crippen molar-refractivity contribution in [2.75, 3.05) is 11.4 Å². The number of halogens is 1. The van der Waals surface area contributed by atoms with Crippen molar-refractivity contribution in [2.24, 2.45) is 16.0 Å². The van der Waals surface area contributed by atoms with Gasteiger partial charge in [0, 0.05) is 30.0 Å². The van der Waals surface area contributed by atoms with Crippen molar-refractivity contribution in [3.8, 4) is 11.1 Å². The van der Waals surface area contributed by atoms with Gasteiger partial charge >= 0.3 is 0 Å².